The number of halogens is 3. The molecule has 0 unspecified atom stereocenters. The Labute approximate surface area is 169 Å². The third kappa shape index (κ3) is 3.49. The number of nitrogens with one attached hydrogen (secondary N) is 1. The van der Waals surface area contributed by atoms with Gasteiger partial charge in [-0.05, 0) is 22.9 Å². The molecule has 0 saturated heterocycles. The molecule has 0 aromatic heterocycles. The fourth-order valence-corrected chi connectivity index (χ4v) is 3.28. The summed E-state index contributed by atoms with van der Waals surface area (Å²) in [6.45, 7) is 0. The molecule has 8 heteroatoms. The van der Waals surface area contributed by atoms with Crippen LogP contribution in [0, 0.1) is 22.7 Å². The number of hydrogen-bond acceptors (Lipinski definition) is 5. The number of hydrazone groups is 1. The molecule has 3 aromatic rings. The van der Waals surface area contributed by atoms with Gasteiger partial charge in [0.1, 0.15) is 17.9 Å². The van der Waals surface area contributed by atoms with Gasteiger partial charge in [0.05, 0.1) is 20.8 Å². The number of rotatable bonds is 3. The fourth-order valence-electron chi connectivity index (χ4n) is 2.63. The number of fused-ring (bicyclic) bond motifs is 1. The predicted octanol–water partition coefficient (Wildman–Crippen LogP) is 5.99. The lowest BCUT2D eigenvalue weighted by Crippen LogP contribution is -2.00. The molecule has 0 spiro atoms. The lowest BCUT2D eigenvalue weighted by Gasteiger charge is -2.16. The van der Waals surface area contributed by atoms with Crippen LogP contribution in [0.3, 0.4) is 0 Å². The van der Waals surface area contributed by atoms with E-state index in [2.05, 4.69) is 10.5 Å². The van der Waals surface area contributed by atoms with Crippen molar-refractivity contribution >= 4 is 57.0 Å². The van der Waals surface area contributed by atoms with Crippen molar-refractivity contribution in [3.8, 4) is 29.0 Å². The van der Waals surface area contributed by atoms with Gasteiger partial charge in [0.2, 0.25) is 5.71 Å². The molecule has 0 radical (unpaired) electrons. The Morgan fingerprint density at radius 2 is 1.70 bits per heavy atom. The van der Waals surface area contributed by atoms with Gasteiger partial charge in [-0.2, -0.15) is 15.6 Å². The SMILES string of the molecule is N#CC(C#N)=NNc1c(-c2c(O)ccc3ccccc23)cc(Cl)c(Cl)c1Cl. The van der Waals surface area contributed by atoms with Gasteiger partial charge < -0.3 is 5.11 Å². The average Bonchev–Trinajstić information content (AvgIpc) is 2.68. The summed E-state index contributed by atoms with van der Waals surface area (Å²) < 4.78 is 0. The van der Waals surface area contributed by atoms with Crippen LogP contribution in [0.4, 0.5) is 5.69 Å². The summed E-state index contributed by atoms with van der Waals surface area (Å²) in [7, 11) is 0. The van der Waals surface area contributed by atoms with E-state index in [1.165, 1.54) is 6.07 Å². The van der Waals surface area contributed by atoms with E-state index < -0.39 is 5.71 Å². The van der Waals surface area contributed by atoms with Crippen molar-refractivity contribution in [3.63, 3.8) is 0 Å². The first kappa shape index (κ1) is 18.8. The maximum Gasteiger partial charge on any atom is 0.237 e. The summed E-state index contributed by atoms with van der Waals surface area (Å²) in [6, 6.07) is 15.6. The normalized spacial score (nSPS) is 10.1. The largest absolute Gasteiger partial charge is 0.507 e. The van der Waals surface area contributed by atoms with Gasteiger partial charge >= 0.3 is 0 Å². The molecule has 0 fully saturated rings. The first-order valence-corrected chi connectivity index (χ1v) is 8.63. The molecule has 0 atom stereocenters. The van der Waals surface area contributed by atoms with Gasteiger partial charge in [-0.15, -0.1) is 0 Å². The third-order valence-corrected chi connectivity index (χ3v) is 5.09. The second-order valence-corrected chi connectivity index (χ2v) is 6.55. The molecule has 3 aromatic carbocycles. The highest BCUT2D eigenvalue weighted by atomic mass is 35.5. The minimum Gasteiger partial charge on any atom is -0.507 e. The molecule has 0 amide bonds. The van der Waals surface area contributed by atoms with E-state index in [1.54, 1.807) is 24.3 Å². The Bertz CT molecular complexity index is 1160. The zero-order valence-corrected chi connectivity index (χ0v) is 15.7. The summed E-state index contributed by atoms with van der Waals surface area (Å²) in [5.74, 6) is -0.00373. The number of benzene rings is 3. The minimum absolute atomic E-state index is 0.00373. The highest BCUT2D eigenvalue weighted by Gasteiger charge is 2.20. The van der Waals surface area contributed by atoms with Crippen LogP contribution in [0.2, 0.25) is 15.1 Å². The van der Waals surface area contributed by atoms with Crippen molar-refractivity contribution in [3.05, 3.63) is 57.5 Å². The highest BCUT2D eigenvalue weighted by molar-refractivity contribution is 6.49. The van der Waals surface area contributed by atoms with Crippen LogP contribution < -0.4 is 5.43 Å². The molecule has 27 heavy (non-hydrogen) atoms. The smallest absolute Gasteiger partial charge is 0.237 e. The summed E-state index contributed by atoms with van der Waals surface area (Å²) in [5.41, 5.74) is 3.29. The number of aromatic hydroxyl groups is 1. The number of nitriles is 2. The van der Waals surface area contributed by atoms with E-state index in [9.17, 15) is 5.11 Å². The number of phenols is 1. The Hall–Kier alpha value is -2.96. The van der Waals surface area contributed by atoms with Gasteiger partial charge in [-0.3, -0.25) is 5.43 Å². The number of hydrogen-bond donors (Lipinski definition) is 2. The summed E-state index contributed by atoms with van der Waals surface area (Å²) >= 11 is 18.7. The van der Waals surface area contributed by atoms with Crippen molar-refractivity contribution < 1.29 is 5.11 Å². The zero-order chi connectivity index (χ0) is 19.6. The van der Waals surface area contributed by atoms with Crippen LogP contribution in [-0.4, -0.2) is 10.8 Å². The Balaban J connectivity index is 2.35. The Morgan fingerprint density at radius 3 is 2.41 bits per heavy atom. The molecule has 3 rings (SSSR count). The van der Waals surface area contributed by atoms with Gasteiger partial charge in [-0.1, -0.05) is 65.1 Å². The Morgan fingerprint density at radius 1 is 1.00 bits per heavy atom. The third-order valence-electron chi connectivity index (χ3n) is 3.83. The lowest BCUT2D eigenvalue weighted by atomic mass is 9.96. The van der Waals surface area contributed by atoms with Crippen molar-refractivity contribution in [2.45, 2.75) is 0 Å². The van der Waals surface area contributed by atoms with E-state index in [-0.39, 0.29) is 26.5 Å². The molecular formula is C19H9Cl3N4O. The summed E-state index contributed by atoms with van der Waals surface area (Å²) in [6.07, 6.45) is 0. The monoisotopic (exact) mass is 414 g/mol. The molecule has 0 aliphatic heterocycles. The van der Waals surface area contributed by atoms with E-state index in [0.29, 0.717) is 11.1 Å². The second-order valence-electron chi connectivity index (χ2n) is 5.39. The van der Waals surface area contributed by atoms with Crippen LogP contribution in [0.5, 0.6) is 5.75 Å². The highest BCUT2D eigenvalue weighted by Crippen LogP contribution is 2.47. The molecular weight excluding hydrogens is 407 g/mol. The van der Waals surface area contributed by atoms with Crippen molar-refractivity contribution in [2.24, 2.45) is 5.10 Å². The van der Waals surface area contributed by atoms with Gasteiger partial charge in [0, 0.05) is 11.1 Å². The predicted molar refractivity (Wildman–Crippen MR) is 108 cm³/mol. The molecule has 0 aliphatic carbocycles. The lowest BCUT2D eigenvalue weighted by molar-refractivity contribution is 0.478. The first-order valence-electron chi connectivity index (χ1n) is 7.50. The maximum atomic E-state index is 10.5. The zero-order valence-electron chi connectivity index (χ0n) is 13.5. The molecule has 132 valence electrons. The number of phenolic OH excluding ortho intramolecular Hbond substituents is 1. The summed E-state index contributed by atoms with van der Waals surface area (Å²) in [5, 5.41) is 34.0. The molecule has 0 heterocycles. The van der Waals surface area contributed by atoms with Crippen LogP contribution in [0.25, 0.3) is 21.9 Å². The van der Waals surface area contributed by atoms with Crippen LogP contribution >= 0.6 is 34.8 Å². The Kier molecular flexibility index (Phi) is 5.39. The van der Waals surface area contributed by atoms with E-state index >= 15 is 0 Å². The van der Waals surface area contributed by atoms with Crippen molar-refractivity contribution in [1.29, 1.82) is 10.5 Å². The molecule has 0 bridgehead atoms. The second kappa shape index (κ2) is 7.73. The fraction of sp³-hybridized carbons (Fsp3) is 0. The molecule has 0 aliphatic rings. The average molecular weight is 416 g/mol. The van der Waals surface area contributed by atoms with E-state index in [4.69, 9.17) is 45.3 Å². The first-order chi connectivity index (χ1) is 13.0. The molecule has 2 N–H and O–H groups in total. The van der Waals surface area contributed by atoms with Crippen LogP contribution in [0.1, 0.15) is 0 Å². The molecule has 0 saturated carbocycles. The quantitative estimate of drug-likeness (QED) is 0.312. The number of nitrogens with zero attached hydrogens (tertiary/aromatic N) is 3. The summed E-state index contributed by atoms with van der Waals surface area (Å²) in [4.78, 5) is 0. The topological polar surface area (TPSA) is 92.2 Å². The van der Waals surface area contributed by atoms with Crippen LogP contribution in [0.15, 0.2) is 47.6 Å². The van der Waals surface area contributed by atoms with E-state index in [1.807, 2.05) is 24.3 Å². The van der Waals surface area contributed by atoms with Crippen LogP contribution in [-0.2, 0) is 0 Å². The van der Waals surface area contributed by atoms with Gasteiger partial charge in [0.25, 0.3) is 0 Å². The van der Waals surface area contributed by atoms with Crippen molar-refractivity contribution in [1.82, 2.24) is 0 Å². The van der Waals surface area contributed by atoms with Gasteiger partial charge in [-0.25, -0.2) is 0 Å². The van der Waals surface area contributed by atoms with E-state index in [0.717, 1.165) is 10.8 Å². The standard InChI is InChI=1S/C19H9Cl3N4O/c20-14-7-13(16-12-4-2-1-3-10(12)5-6-15(16)27)19(18(22)17(14)21)26-25-11(8-23)9-24/h1-7,26-27H. The molecule has 5 nitrogen and oxygen atoms in total. The van der Waals surface area contributed by atoms with Gasteiger partial charge in [0.15, 0.2) is 0 Å². The van der Waals surface area contributed by atoms with Crippen molar-refractivity contribution in [2.75, 3.05) is 5.43 Å². The maximum absolute atomic E-state index is 10.5. The number of anilines is 1. The minimum atomic E-state index is -0.398.